The largest absolute Gasteiger partial charge is 0.331 e. The second-order valence-corrected chi connectivity index (χ2v) is 7.35. The van der Waals surface area contributed by atoms with Gasteiger partial charge in [0.2, 0.25) is 5.91 Å². The fraction of sp³-hybridized carbons (Fsp3) is 0.300. The van der Waals surface area contributed by atoms with Crippen molar-refractivity contribution in [2.45, 2.75) is 19.4 Å². The van der Waals surface area contributed by atoms with Gasteiger partial charge in [0.1, 0.15) is 6.54 Å². The molecule has 7 nitrogen and oxygen atoms in total. The standard InChI is InChI=1S/C20H21ClN4O3/c21-18-5-1-15(2-6-18)13-22-23-20(26)17-9-11-24(12-10-17)14-16-3-7-19(8-4-16)25(27)28/h1-8,13,17H,9-12,14H2,(H,23,26)/p+1/b22-13-. The smallest absolute Gasteiger partial charge is 0.269 e. The Morgan fingerprint density at radius 3 is 2.43 bits per heavy atom. The molecule has 2 aromatic rings. The number of hydrogen-bond donors (Lipinski definition) is 2. The zero-order valence-corrected chi connectivity index (χ0v) is 16.1. The van der Waals surface area contributed by atoms with Gasteiger partial charge in [0.05, 0.1) is 30.1 Å². The van der Waals surface area contributed by atoms with Crippen LogP contribution in [0.5, 0.6) is 0 Å². The molecule has 0 atom stereocenters. The Labute approximate surface area is 168 Å². The summed E-state index contributed by atoms with van der Waals surface area (Å²) < 4.78 is 0. The van der Waals surface area contributed by atoms with Crippen LogP contribution < -0.4 is 10.3 Å². The van der Waals surface area contributed by atoms with Crippen LogP contribution in [0, 0.1) is 16.0 Å². The van der Waals surface area contributed by atoms with Crippen molar-refractivity contribution in [1.82, 2.24) is 5.43 Å². The van der Waals surface area contributed by atoms with Crippen molar-refractivity contribution < 1.29 is 14.6 Å². The molecule has 0 radical (unpaired) electrons. The molecule has 0 aliphatic carbocycles. The number of carbonyl (C=O) groups is 1. The highest BCUT2D eigenvalue weighted by molar-refractivity contribution is 6.30. The van der Waals surface area contributed by atoms with E-state index >= 15 is 0 Å². The van der Waals surface area contributed by atoms with Gasteiger partial charge in [-0.05, 0) is 29.8 Å². The van der Waals surface area contributed by atoms with Crippen LogP contribution in [0.2, 0.25) is 5.02 Å². The SMILES string of the molecule is O=C(N/N=C\c1ccc(Cl)cc1)C1CC[NH+](Cc2ccc([N+](=O)[O-])cc2)CC1. The highest BCUT2D eigenvalue weighted by Crippen LogP contribution is 2.13. The van der Waals surface area contributed by atoms with E-state index in [-0.39, 0.29) is 17.5 Å². The van der Waals surface area contributed by atoms with Crippen LogP contribution in [-0.4, -0.2) is 30.1 Å². The van der Waals surface area contributed by atoms with Crippen molar-refractivity contribution in [2.24, 2.45) is 11.0 Å². The number of amides is 1. The molecule has 1 aliphatic rings. The van der Waals surface area contributed by atoms with Crippen molar-refractivity contribution in [2.75, 3.05) is 13.1 Å². The van der Waals surface area contributed by atoms with Crippen LogP contribution in [0.15, 0.2) is 53.6 Å². The fourth-order valence-electron chi connectivity index (χ4n) is 3.30. The van der Waals surface area contributed by atoms with E-state index in [9.17, 15) is 14.9 Å². The van der Waals surface area contributed by atoms with E-state index in [0.717, 1.165) is 43.6 Å². The average Bonchev–Trinajstić information content (AvgIpc) is 2.70. The van der Waals surface area contributed by atoms with E-state index in [1.165, 1.54) is 17.0 Å². The summed E-state index contributed by atoms with van der Waals surface area (Å²) in [4.78, 5) is 24.0. The lowest BCUT2D eigenvalue weighted by atomic mass is 9.96. The number of quaternary nitrogens is 1. The Kier molecular flexibility index (Phi) is 6.73. The van der Waals surface area contributed by atoms with Gasteiger partial charge in [-0.25, -0.2) is 5.43 Å². The number of nitro groups is 1. The van der Waals surface area contributed by atoms with E-state index in [2.05, 4.69) is 10.5 Å². The molecule has 3 rings (SSSR count). The second-order valence-electron chi connectivity index (χ2n) is 6.91. The quantitative estimate of drug-likeness (QED) is 0.441. The van der Waals surface area contributed by atoms with E-state index in [1.807, 2.05) is 12.1 Å². The molecule has 1 saturated heterocycles. The zero-order valence-electron chi connectivity index (χ0n) is 15.3. The average molecular weight is 402 g/mol. The third-order valence-electron chi connectivity index (χ3n) is 4.92. The Hall–Kier alpha value is -2.77. The first-order valence-electron chi connectivity index (χ1n) is 9.16. The van der Waals surface area contributed by atoms with Gasteiger partial charge >= 0.3 is 0 Å². The maximum absolute atomic E-state index is 12.3. The number of rotatable bonds is 6. The minimum absolute atomic E-state index is 0.0389. The van der Waals surface area contributed by atoms with Crippen LogP contribution in [-0.2, 0) is 11.3 Å². The summed E-state index contributed by atoms with van der Waals surface area (Å²) in [5, 5.41) is 15.4. The molecule has 0 bridgehead atoms. The number of nitro benzene ring substituents is 1. The summed E-state index contributed by atoms with van der Waals surface area (Å²) in [6.45, 7) is 2.58. The molecular weight excluding hydrogens is 380 g/mol. The molecule has 28 heavy (non-hydrogen) atoms. The second kappa shape index (κ2) is 9.43. The third-order valence-corrected chi connectivity index (χ3v) is 5.18. The van der Waals surface area contributed by atoms with Crippen molar-refractivity contribution in [1.29, 1.82) is 0 Å². The number of piperidine rings is 1. The molecule has 1 aliphatic heterocycles. The van der Waals surface area contributed by atoms with Crippen LogP contribution in [0.4, 0.5) is 5.69 Å². The fourth-order valence-corrected chi connectivity index (χ4v) is 3.43. The zero-order chi connectivity index (χ0) is 19.9. The van der Waals surface area contributed by atoms with Crippen molar-refractivity contribution in [3.8, 4) is 0 Å². The molecule has 1 heterocycles. The monoisotopic (exact) mass is 401 g/mol. The first-order valence-corrected chi connectivity index (χ1v) is 9.54. The Balaban J connectivity index is 1.43. The number of carbonyl (C=O) groups excluding carboxylic acids is 1. The number of nitrogens with zero attached hydrogens (tertiary/aromatic N) is 2. The summed E-state index contributed by atoms with van der Waals surface area (Å²) in [6, 6.07) is 13.9. The van der Waals surface area contributed by atoms with Crippen molar-refractivity contribution in [3.05, 3.63) is 74.8 Å². The number of hydrogen-bond acceptors (Lipinski definition) is 4. The Morgan fingerprint density at radius 1 is 1.18 bits per heavy atom. The number of benzene rings is 2. The number of hydrazone groups is 1. The number of halogens is 1. The molecule has 2 N–H and O–H groups in total. The van der Waals surface area contributed by atoms with Gasteiger partial charge in [0, 0.05) is 35.6 Å². The van der Waals surface area contributed by atoms with Gasteiger partial charge in [0.15, 0.2) is 0 Å². The predicted molar refractivity (Wildman–Crippen MR) is 107 cm³/mol. The molecule has 0 saturated carbocycles. The summed E-state index contributed by atoms with van der Waals surface area (Å²) in [5.74, 6) is -0.0948. The van der Waals surface area contributed by atoms with Crippen LogP contribution in [0.25, 0.3) is 0 Å². The molecule has 1 amide bonds. The molecule has 0 unspecified atom stereocenters. The van der Waals surface area contributed by atoms with Gasteiger partial charge in [-0.15, -0.1) is 0 Å². The molecule has 2 aromatic carbocycles. The van der Waals surface area contributed by atoms with Crippen LogP contribution in [0.1, 0.15) is 24.0 Å². The van der Waals surface area contributed by atoms with Crippen molar-refractivity contribution in [3.63, 3.8) is 0 Å². The van der Waals surface area contributed by atoms with Crippen LogP contribution in [0.3, 0.4) is 0 Å². The van der Waals surface area contributed by atoms with Gasteiger partial charge in [-0.3, -0.25) is 14.9 Å². The third kappa shape index (κ3) is 5.61. The van der Waals surface area contributed by atoms with E-state index in [1.54, 1.807) is 30.5 Å². The van der Waals surface area contributed by atoms with Gasteiger partial charge < -0.3 is 4.90 Å². The van der Waals surface area contributed by atoms with Gasteiger partial charge in [-0.2, -0.15) is 5.10 Å². The van der Waals surface area contributed by atoms with Crippen molar-refractivity contribution >= 4 is 29.4 Å². The number of nitrogens with one attached hydrogen (secondary N) is 2. The van der Waals surface area contributed by atoms with Crippen LogP contribution >= 0.6 is 11.6 Å². The minimum atomic E-state index is -0.393. The summed E-state index contributed by atoms with van der Waals surface area (Å²) >= 11 is 5.84. The number of likely N-dealkylation sites (tertiary alicyclic amines) is 1. The molecule has 0 spiro atoms. The first kappa shape index (κ1) is 20.0. The normalized spacial score (nSPS) is 19.5. The van der Waals surface area contributed by atoms with E-state index in [4.69, 9.17) is 11.6 Å². The first-order chi connectivity index (χ1) is 13.5. The van der Waals surface area contributed by atoms with Gasteiger partial charge in [-0.1, -0.05) is 23.7 Å². The molecular formula is C20H22ClN4O3+. The maximum atomic E-state index is 12.3. The topological polar surface area (TPSA) is 89.0 Å². The molecule has 1 fully saturated rings. The van der Waals surface area contributed by atoms with E-state index in [0.29, 0.717) is 5.02 Å². The minimum Gasteiger partial charge on any atom is -0.331 e. The number of non-ortho nitro benzene ring substituents is 1. The Bertz CT molecular complexity index is 845. The van der Waals surface area contributed by atoms with Gasteiger partial charge in [0.25, 0.3) is 5.69 Å². The summed E-state index contributed by atoms with van der Waals surface area (Å²) in [6.07, 6.45) is 3.19. The molecule has 0 aromatic heterocycles. The lowest BCUT2D eigenvalue weighted by molar-refractivity contribution is -0.919. The lowest BCUT2D eigenvalue weighted by Gasteiger charge is -2.28. The summed E-state index contributed by atoms with van der Waals surface area (Å²) in [7, 11) is 0. The maximum Gasteiger partial charge on any atom is 0.269 e. The molecule has 8 heteroatoms. The highest BCUT2D eigenvalue weighted by atomic mass is 35.5. The predicted octanol–water partition coefficient (Wildman–Crippen LogP) is 2.19. The highest BCUT2D eigenvalue weighted by Gasteiger charge is 2.27. The Morgan fingerprint density at radius 2 is 1.82 bits per heavy atom. The lowest BCUT2D eigenvalue weighted by Crippen LogP contribution is -3.11. The summed E-state index contributed by atoms with van der Waals surface area (Å²) in [5.41, 5.74) is 4.66. The molecule has 146 valence electrons. The van der Waals surface area contributed by atoms with E-state index < -0.39 is 4.92 Å².